The number of nitrogens with two attached hydrogens (primary N) is 1. The number of amides is 1. The molecule has 2 atom stereocenters. The number of nitrogens with one attached hydrogen (secondary N) is 1. The third-order valence-corrected chi connectivity index (χ3v) is 3.31. The molecule has 0 bridgehead atoms. The van der Waals surface area contributed by atoms with Gasteiger partial charge in [-0.15, -0.1) is 0 Å². The van der Waals surface area contributed by atoms with Crippen molar-refractivity contribution < 1.29 is 9.21 Å². The number of hydrogen-bond donors (Lipinski definition) is 2. The Morgan fingerprint density at radius 3 is 2.48 bits per heavy atom. The van der Waals surface area contributed by atoms with E-state index in [0.717, 1.165) is 5.56 Å². The van der Waals surface area contributed by atoms with E-state index in [1.165, 1.54) is 0 Å². The normalized spacial score (nSPS) is 13.9. The van der Waals surface area contributed by atoms with Gasteiger partial charge in [0.1, 0.15) is 11.8 Å². The predicted molar refractivity (Wildman–Crippen MR) is 82.6 cm³/mol. The highest BCUT2D eigenvalue weighted by Gasteiger charge is 2.23. The van der Waals surface area contributed by atoms with Crippen molar-refractivity contribution in [3.8, 4) is 0 Å². The number of hydrogen-bond acceptors (Lipinski definition) is 3. The summed E-state index contributed by atoms with van der Waals surface area (Å²) in [4.78, 5) is 12.3. The second kappa shape index (κ2) is 7.09. The molecule has 1 unspecified atom stereocenters. The van der Waals surface area contributed by atoms with Gasteiger partial charge in [0.15, 0.2) is 0 Å². The van der Waals surface area contributed by atoms with Gasteiger partial charge in [-0.2, -0.15) is 0 Å². The van der Waals surface area contributed by atoms with Gasteiger partial charge >= 0.3 is 0 Å². The van der Waals surface area contributed by atoms with Crippen LogP contribution in [0.3, 0.4) is 0 Å². The van der Waals surface area contributed by atoms with Crippen molar-refractivity contribution in [3.63, 3.8) is 0 Å². The zero-order chi connectivity index (χ0) is 15.2. The Kier molecular flexibility index (Phi) is 5.17. The SMILES string of the molecule is CC(C)C[C@@H](N)C(=O)NC(c1ccccc1)c1ccco1. The molecule has 4 heteroatoms. The van der Waals surface area contributed by atoms with E-state index in [0.29, 0.717) is 18.1 Å². The lowest BCUT2D eigenvalue weighted by atomic mass is 10.0. The molecule has 2 aromatic rings. The number of benzene rings is 1. The lowest BCUT2D eigenvalue weighted by Gasteiger charge is -2.20. The Labute approximate surface area is 125 Å². The minimum Gasteiger partial charge on any atom is -0.467 e. The first kappa shape index (κ1) is 15.3. The van der Waals surface area contributed by atoms with Crippen molar-refractivity contribution in [1.29, 1.82) is 0 Å². The summed E-state index contributed by atoms with van der Waals surface area (Å²) in [6.07, 6.45) is 2.26. The van der Waals surface area contributed by atoms with E-state index < -0.39 is 6.04 Å². The summed E-state index contributed by atoms with van der Waals surface area (Å²) in [7, 11) is 0. The van der Waals surface area contributed by atoms with Crippen LogP contribution in [0.15, 0.2) is 53.1 Å². The van der Waals surface area contributed by atoms with Gasteiger partial charge < -0.3 is 15.5 Å². The van der Waals surface area contributed by atoms with Crippen molar-refractivity contribution >= 4 is 5.91 Å². The van der Waals surface area contributed by atoms with Crippen molar-refractivity contribution in [3.05, 3.63) is 60.1 Å². The highest BCUT2D eigenvalue weighted by Crippen LogP contribution is 2.22. The van der Waals surface area contributed by atoms with Gasteiger partial charge in [0.2, 0.25) is 5.91 Å². The summed E-state index contributed by atoms with van der Waals surface area (Å²) < 4.78 is 5.46. The molecule has 0 saturated carbocycles. The fraction of sp³-hybridized carbons (Fsp3) is 0.353. The molecule has 1 aromatic carbocycles. The first-order valence-electron chi connectivity index (χ1n) is 7.22. The second-order valence-corrected chi connectivity index (χ2v) is 5.60. The van der Waals surface area contributed by atoms with E-state index in [1.807, 2.05) is 56.3 Å². The Hall–Kier alpha value is -2.07. The third kappa shape index (κ3) is 4.20. The minimum absolute atomic E-state index is 0.158. The van der Waals surface area contributed by atoms with Gasteiger partial charge in [0.25, 0.3) is 0 Å². The maximum absolute atomic E-state index is 12.3. The fourth-order valence-corrected chi connectivity index (χ4v) is 2.28. The highest BCUT2D eigenvalue weighted by atomic mass is 16.3. The summed E-state index contributed by atoms with van der Waals surface area (Å²) in [6.45, 7) is 4.10. The molecule has 2 rings (SSSR count). The van der Waals surface area contributed by atoms with Crippen LogP contribution < -0.4 is 11.1 Å². The van der Waals surface area contributed by atoms with Crippen LogP contribution in [0, 0.1) is 5.92 Å². The first-order valence-corrected chi connectivity index (χ1v) is 7.22. The van der Waals surface area contributed by atoms with Gasteiger partial charge in [-0.05, 0) is 30.0 Å². The van der Waals surface area contributed by atoms with Crippen LogP contribution in [0.25, 0.3) is 0 Å². The molecule has 1 amide bonds. The molecular formula is C17H22N2O2. The lowest BCUT2D eigenvalue weighted by Crippen LogP contribution is -2.43. The topological polar surface area (TPSA) is 68.3 Å². The number of rotatable bonds is 6. The van der Waals surface area contributed by atoms with Crippen molar-refractivity contribution in [1.82, 2.24) is 5.32 Å². The molecule has 0 aliphatic rings. The zero-order valence-electron chi connectivity index (χ0n) is 12.5. The average molecular weight is 286 g/mol. The summed E-state index contributed by atoms with van der Waals surface area (Å²) in [5, 5.41) is 2.98. The Morgan fingerprint density at radius 2 is 1.90 bits per heavy atom. The van der Waals surface area contributed by atoms with Crippen LogP contribution in [-0.2, 0) is 4.79 Å². The number of furan rings is 1. The van der Waals surface area contributed by atoms with Crippen molar-refractivity contribution in [2.75, 3.05) is 0 Å². The van der Waals surface area contributed by atoms with Crippen molar-refractivity contribution in [2.45, 2.75) is 32.4 Å². The molecule has 0 aliphatic heterocycles. The van der Waals surface area contributed by atoms with E-state index >= 15 is 0 Å². The largest absolute Gasteiger partial charge is 0.467 e. The lowest BCUT2D eigenvalue weighted by molar-refractivity contribution is -0.123. The molecule has 21 heavy (non-hydrogen) atoms. The molecule has 3 N–H and O–H groups in total. The average Bonchev–Trinajstić information content (AvgIpc) is 2.98. The second-order valence-electron chi connectivity index (χ2n) is 5.60. The van der Waals surface area contributed by atoms with Gasteiger partial charge in [-0.25, -0.2) is 0 Å². The molecule has 1 heterocycles. The van der Waals surface area contributed by atoms with Crippen LogP contribution in [0.5, 0.6) is 0 Å². The molecule has 1 aromatic heterocycles. The quantitative estimate of drug-likeness (QED) is 0.858. The van der Waals surface area contributed by atoms with Crippen LogP contribution in [0.2, 0.25) is 0 Å². The minimum atomic E-state index is -0.508. The van der Waals surface area contributed by atoms with Gasteiger partial charge in [0, 0.05) is 0 Å². The molecular weight excluding hydrogens is 264 g/mol. The van der Waals surface area contributed by atoms with E-state index in [4.69, 9.17) is 10.2 Å². The van der Waals surface area contributed by atoms with Gasteiger partial charge in [-0.3, -0.25) is 4.79 Å². The maximum atomic E-state index is 12.3. The standard InChI is InChI=1S/C17H22N2O2/c1-12(2)11-14(18)17(20)19-16(15-9-6-10-21-15)13-7-4-3-5-8-13/h3-10,12,14,16H,11,18H2,1-2H3,(H,19,20)/t14-,16?/m1/s1. The summed E-state index contributed by atoms with van der Waals surface area (Å²) >= 11 is 0. The molecule has 4 nitrogen and oxygen atoms in total. The van der Waals surface area contributed by atoms with Crippen LogP contribution in [0.1, 0.15) is 37.6 Å². The summed E-state index contributed by atoms with van der Waals surface area (Å²) in [5.41, 5.74) is 6.93. The first-order chi connectivity index (χ1) is 10.1. The van der Waals surface area contributed by atoms with Crippen LogP contribution in [0.4, 0.5) is 0 Å². The van der Waals surface area contributed by atoms with Gasteiger partial charge in [0.05, 0.1) is 12.3 Å². The molecule has 0 fully saturated rings. The molecule has 0 aliphatic carbocycles. The number of carbonyl (C=O) groups excluding carboxylic acids is 1. The Bertz CT molecular complexity index is 549. The third-order valence-electron chi connectivity index (χ3n) is 3.31. The zero-order valence-corrected chi connectivity index (χ0v) is 12.5. The predicted octanol–water partition coefficient (Wildman–Crippen LogP) is 2.86. The van der Waals surface area contributed by atoms with E-state index in [1.54, 1.807) is 6.26 Å². The van der Waals surface area contributed by atoms with E-state index in [9.17, 15) is 4.79 Å². The number of carbonyl (C=O) groups is 1. The van der Waals surface area contributed by atoms with E-state index in [-0.39, 0.29) is 11.9 Å². The van der Waals surface area contributed by atoms with Gasteiger partial charge in [-0.1, -0.05) is 44.2 Å². The van der Waals surface area contributed by atoms with Crippen molar-refractivity contribution in [2.24, 2.45) is 11.7 Å². The van der Waals surface area contributed by atoms with Crippen LogP contribution in [-0.4, -0.2) is 11.9 Å². The molecule has 0 radical (unpaired) electrons. The Balaban J connectivity index is 2.16. The molecule has 112 valence electrons. The van der Waals surface area contributed by atoms with E-state index in [2.05, 4.69) is 5.32 Å². The smallest absolute Gasteiger partial charge is 0.237 e. The monoisotopic (exact) mass is 286 g/mol. The highest BCUT2D eigenvalue weighted by molar-refractivity contribution is 5.82. The summed E-state index contributed by atoms with van der Waals surface area (Å²) in [5.74, 6) is 0.921. The van der Waals surface area contributed by atoms with Crippen LogP contribution >= 0.6 is 0 Å². The molecule has 0 saturated heterocycles. The Morgan fingerprint density at radius 1 is 1.19 bits per heavy atom. The fourth-order valence-electron chi connectivity index (χ4n) is 2.28. The maximum Gasteiger partial charge on any atom is 0.237 e. The molecule has 0 spiro atoms. The summed E-state index contributed by atoms with van der Waals surface area (Å²) in [6, 6.07) is 12.6.